The summed E-state index contributed by atoms with van der Waals surface area (Å²) in [5.41, 5.74) is 0.201. The van der Waals surface area contributed by atoms with E-state index in [0.717, 1.165) is 25.9 Å². The van der Waals surface area contributed by atoms with Gasteiger partial charge in [-0.2, -0.15) is 0 Å². The molecule has 3 nitrogen and oxygen atoms in total. The Balaban J connectivity index is 2.83. The minimum atomic E-state index is -1.22. The van der Waals surface area contributed by atoms with E-state index in [9.17, 15) is 9.18 Å². The summed E-state index contributed by atoms with van der Waals surface area (Å²) < 4.78 is 13.9. The summed E-state index contributed by atoms with van der Waals surface area (Å²) in [5, 5.41) is 8.87. The van der Waals surface area contributed by atoms with E-state index in [-0.39, 0.29) is 5.56 Å². The summed E-state index contributed by atoms with van der Waals surface area (Å²) in [4.78, 5) is 13.0. The van der Waals surface area contributed by atoms with Crippen molar-refractivity contribution in [2.45, 2.75) is 33.2 Å². The molecular formula is C14H20FNO2. The van der Waals surface area contributed by atoms with Gasteiger partial charge in [-0.3, -0.25) is 4.90 Å². The molecule has 0 spiro atoms. The van der Waals surface area contributed by atoms with Crippen LogP contribution >= 0.6 is 0 Å². The first-order valence-electron chi connectivity index (χ1n) is 6.33. The highest BCUT2D eigenvalue weighted by atomic mass is 19.1. The number of hydrogen-bond donors (Lipinski definition) is 1. The predicted octanol–water partition coefficient (Wildman–Crippen LogP) is 3.15. The molecule has 18 heavy (non-hydrogen) atoms. The minimum absolute atomic E-state index is 0.251. The second-order valence-electron chi connectivity index (χ2n) is 4.31. The lowest BCUT2D eigenvalue weighted by Crippen LogP contribution is -2.24. The Hall–Kier alpha value is -1.42. The third-order valence-corrected chi connectivity index (χ3v) is 2.98. The second kappa shape index (κ2) is 7.11. The summed E-state index contributed by atoms with van der Waals surface area (Å²) in [6, 6.07) is 4.54. The Morgan fingerprint density at radius 3 is 2.67 bits per heavy atom. The Morgan fingerprint density at radius 2 is 2.11 bits per heavy atom. The number of nitrogens with zero attached hydrogens (tertiary/aromatic N) is 1. The average molecular weight is 253 g/mol. The van der Waals surface area contributed by atoms with Gasteiger partial charge in [0.1, 0.15) is 5.82 Å². The fourth-order valence-electron chi connectivity index (χ4n) is 1.84. The number of benzene rings is 1. The first kappa shape index (κ1) is 14.6. The summed E-state index contributed by atoms with van der Waals surface area (Å²) in [6.45, 7) is 6.33. The van der Waals surface area contributed by atoms with E-state index in [1.807, 2.05) is 6.92 Å². The molecule has 0 heterocycles. The second-order valence-corrected chi connectivity index (χ2v) is 4.31. The van der Waals surface area contributed by atoms with Crippen molar-refractivity contribution in [2.24, 2.45) is 0 Å². The standard InChI is InChI=1S/C14H20FNO2/c1-3-5-9-16(4-2)10-11-7-6-8-12(13(11)15)14(17)18/h6-8H,3-5,9-10H2,1-2H3,(H,17,18). The van der Waals surface area contributed by atoms with Crippen LogP contribution < -0.4 is 0 Å². The molecule has 0 aromatic heterocycles. The average Bonchev–Trinajstić information content (AvgIpc) is 2.36. The Labute approximate surface area is 107 Å². The summed E-state index contributed by atoms with van der Waals surface area (Å²) in [6.07, 6.45) is 2.15. The van der Waals surface area contributed by atoms with E-state index < -0.39 is 11.8 Å². The van der Waals surface area contributed by atoms with Gasteiger partial charge >= 0.3 is 5.97 Å². The van der Waals surface area contributed by atoms with E-state index >= 15 is 0 Å². The largest absolute Gasteiger partial charge is 0.478 e. The molecule has 0 aliphatic heterocycles. The first-order chi connectivity index (χ1) is 8.60. The number of unbranched alkanes of at least 4 members (excludes halogenated alkanes) is 1. The van der Waals surface area contributed by atoms with Crippen LogP contribution in [0.5, 0.6) is 0 Å². The Morgan fingerprint density at radius 1 is 1.39 bits per heavy atom. The van der Waals surface area contributed by atoms with Gasteiger partial charge in [-0.15, -0.1) is 0 Å². The van der Waals surface area contributed by atoms with E-state index in [1.165, 1.54) is 6.07 Å². The monoisotopic (exact) mass is 253 g/mol. The fourth-order valence-corrected chi connectivity index (χ4v) is 1.84. The molecule has 1 aromatic rings. The molecule has 1 aromatic carbocycles. The van der Waals surface area contributed by atoms with Crippen molar-refractivity contribution in [2.75, 3.05) is 13.1 Å². The van der Waals surface area contributed by atoms with Gasteiger partial charge < -0.3 is 5.11 Å². The number of aromatic carboxylic acids is 1. The van der Waals surface area contributed by atoms with Gasteiger partial charge in [0, 0.05) is 12.1 Å². The van der Waals surface area contributed by atoms with Crippen LogP contribution in [0.15, 0.2) is 18.2 Å². The third kappa shape index (κ3) is 3.81. The van der Waals surface area contributed by atoms with Crippen molar-refractivity contribution in [1.82, 2.24) is 4.90 Å². The van der Waals surface area contributed by atoms with Gasteiger partial charge in [-0.05, 0) is 25.6 Å². The lowest BCUT2D eigenvalue weighted by molar-refractivity contribution is 0.0691. The summed E-state index contributed by atoms with van der Waals surface area (Å²) >= 11 is 0. The van der Waals surface area contributed by atoms with E-state index in [2.05, 4.69) is 11.8 Å². The minimum Gasteiger partial charge on any atom is -0.478 e. The summed E-state index contributed by atoms with van der Waals surface area (Å²) in [7, 11) is 0. The third-order valence-electron chi connectivity index (χ3n) is 2.98. The van der Waals surface area contributed by atoms with E-state index in [0.29, 0.717) is 12.1 Å². The number of carboxylic acid groups (broad SMARTS) is 1. The van der Waals surface area contributed by atoms with Crippen LogP contribution in [0.25, 0.3) is 0 Å². The van der Waals surface area contributed by atoms with Crippen molar-refractivity contribution < 1.29 is 14.3 Å². The quantitative estimate of drug-likeness (QED) is 0.811. The number of carboxylic acids is 1. The van der Waals surface area contributed by atoms with Crippen molar-refractivity contribution in [3.8, 4) is 0 Å². The summed E-state index contributed by atoms with van der Waals surface area (Å²) in [5.74, 6) is -1.83. The fraction of sp³-hybridized carbons (Fsp3) is 0.500. The molecule has 1 rings (SSSR count). The van der Waals surface area contributed by atoms with Crippen molar-refractivity contribution in [1.29, 1.82) is 0 Å². The molecule has 0 bridgehead atoms. The lowest BCUT2D eigenvalue weighted by Gasteiger charge is -2.20. The van der Waals surface area contributed by atoms with Crippen LogP contribution in [0.3, 0.4) is 0 Å². The number of hydrogen-bond acceptors (Lipinski definition) is 2. The van der Waals surface area contributed by atoms with Gasteiger partial charge in [0.25, 0.3) is 0 Å². The molecule has 0 unspecified atom stereocenters. The van der Waals surface area contributed by atoms with Crippen molar-refractivity contribution in [3.63, 3.8) is 0 Å². The van der Waals surface area contributed by atoms with E-state index in [1.54, 1.807) is 12.1 Å². The van der Waals surface area contributed by atoms with Crippen molar-refractivity contribution in [3.05, 3.63) is 35.1 Å². The van der Waals surface area contributed by atoms with Gasteiger partial charge in [0.05, 0.1) is 5.56 Å². The first-order valence-corrected chi connectivity index (χ1v) is 6.33. The lowest BCUT2D eigenvalue weighted by atomic mass is 10.1. The highest BCUT2D eigenvalue weighted by Gasteiger charge is 2.15. The van der Waals surface area contributed by atoms with Gasteiger partial charge in [0.2, 0.25) is 0 Å². The van der Waals surface area contributed by atoms with Crippen molar-refractivity contribution >= 4 is 5.97 Å². The van der Waals surface area contributed by atoms with Gasteiger partial charge in [-0.25, -0.2) is 9.18 Å². The predicted molar refractivity (Wildman–Crippen MR) is 69.2 cm³/mol. The molecule has 1 N–H and O–H groups in total. The molecular weight excluding hydrogens is 233 g/mol. The number of halogens is 1. The van der Waals surface area contributed by atoms with Crippen LogP contribution in [0, 0.1) is 5.82 Å². The Kier molecular flexibility index (Phi) is 5.78. The molecule has 0 fully saturated rings. The zero-order chi connectivity index (χ0) is 13.5. The topological polar surface area (TPSA) is 40.5 Å². The molecule has 0 saturated carbocycles. The number of rotatable bonds is 7. The van der Waals surface area contributed by atoms with Gasteiger partial charge in [-0.1, -0.05) is 32.4 Å². The molecule has 0 atom stereocenters. The highest BCUT2D eigenvalue weighted by Crippen LogP contribution is 2.15. The zero-order valence-electron chi connectivity index (χ0n) is 10.9. The maximum atomic E-state index is 13.9. The molecule has 0 saturated heterocycles. The van der Waals surface area contributed by atoms with Crippen LogP contribution in [0.2, 0.25) is 0 Å². The van der Waals surface area contributed by atoms with Crippen LogP contribution in [-0.2, 0) is 6.54 Å². The molecule has 0 radical (unpaired) electrons. The zero-order valence-corrected chi connectivity index (χ0v) is 10.9. The number of carbonyl (C=O) groups is 1. The Bertz CT molecular complexity index is 407. The SMILES string of the molecule is CCCCN(CC)Cc1cccc(C(=O)O)c1F. The maximum absolute atomic E-state index is 13.9. The van der Waals surface area contributed by atoms with E-state index in [4.69, 9.17) is 5.11 Å². The molecule has 0 amide bonds. The smallest absolute Gasteiger partial charge is 0.338 e. The van der Waals surface area contributed by atoms with Crippen LogP contribution in [0.4, 0.5) is 4.39 Å². The van der Waals surface area contributed by atoms with Gasteiger partial charge in [0.15, 0.2) is 0 Å². The molecule has 0 aliphatic carbocycles. The highest BCUT2D eigenvalue weighted by molar-refractivity contribution is 5.88. The molecule has 0 aliphatic rings. The molecule has 4 heteroatoms. The molecule has 100 valence electrons. The normalized spacial score (nSPS) is 10.9. The van der Waals surface area contributed by atoms with Crippen LogP contribution in [-0.4, -0.2) is 29.1 Å². The van der Waals surface area contributed by atoms with Crippen LogP contribution in [0.1, 0.15) is 42.6 Å². The maximum Gasteiger partial charge on any atom is 0.338 e.